The van der Waals surface area contributed by atoms with Crippen LogP contribution in [0.3, 0.4) is 0 Å². The number of rotatable bonds is 6. The number of nitrogens with one attached hydrogen (secondary N) is 1. The molecule has 25 heavy (non-hydrogen) atoms. The molecule has 0 bridgehead atoms. The number of hydrogen-bond donors (Lipinski definition) is 1. The highest BCUT2D eigenvalue weighted by Crippen LogP contribution is 2.23. The minimum absolute atomic E-state index is 0.207. The second-order valence-electron chi connectivity index (χ2n) is 5.29. The molecule has 0 aliphatic rings. The third-order valence-corrected chi connectivity index (χ3v) is 3.64. The quantitative estimate of drug-likeness (QED) is 0.548. The predicted octanol–water partition coefficient (Wildman–Crippen LogP) is 2.15. The van der Waals surface area contributed by atoms with Crippen molar-refractivity contribution < 1.29 is 9.72 Å². The summed E-state index contributed by atoms with van der Waals surface area (Å²) in [6, 6.07) is 14.0. The summed E-state index contributed by atoms with van der Waals surface area (Å²) >= 11 is 0. The fraction of sp³-hybridized carbons (Fsp3) is 0.118. The van der Waals surface area contributed by atoms with Gasteiger partial charge in [-0.2, -0.15) is 5.10 Å². The lowest BCUT2D eigenvalue weighted by Crippen LogP contribution is -2.25. The van der Waals surface area contributed by atoms with Crippen molar-refractivity contribution >= 4 is 11.6 Å². The lowest BCUT2D eigenvalue weighted by atomic mass is 10.1. The first-order chi connectivity index (χ1) is 12.1. The van der Waals surface area contributed by atoms with Crippen LogP contribution in [0.5, 0.6) is 0 Å². The van der Waals surface area contributed by atoms with E-state index >= 15 is 0 Å². The number of hydrogen-bond acceptors (Lipinski definition) is 5. The molecule has 1 amide bonds. The number of benzene rings is 2. The van der Waals surface area contributed by atoms with Gasteiger partial charge in [-0.05, 0) is 24.1 Å². The first-order valence-electron chi connectivity index (χ1n) is 7.61. The first-order valence-corrected chi connectivity index (χ1v) is 7.61. The molecule has 126 valence electrons. The number of aromatic nitrogens is 3. The maximum atomic E-state index is 12.2. The second kappa shape index (κ2) is 7.35. The Balaban J connectivity index is 1.72. The zero-order chi connectivity index (χ0) is 17.6. The van der Waals surface area contributed by atoms with E-state index in [0.717, 1.165) is 5.56 Å². The zero-order valence-corrected chi connectivity index (χ0v) is 13.2. The van der Waals surface area contributed by atoms with E-state index in [1.54, 1.807) is 0 Å². The molecule has 1 N–H and O–H groups in total. The summed E-state index contributed by atoms with van der Waals surface area (Å²) < 4.78 is 1.29. The van der Waals surface area contributed by atoms with Crippen molar-refractivity contribution in [1.29, 1.82) is 0 Å². The van der Waals surface area contributed by atoms with Crippen LogP contribution < -0.4 is 5.32 Å². The van der Waals surface area contributed by atoms with Gasteiger partial charge < -0.3 is 5.32 Å². The van der Waals surface area contributed by atoms with Crippen molar-refractivity contribution in [2.24, 2.45) is 0 Å². The van der Waals surface area contributed by atoms with Gasteiger partial charge in [-0.25, -0.2) is 9.67 Å². The monoisotopic (exact) mass is 337 g/mol. The summed E-state index contributed by atoms with van der Waals surface area (Å²) in [6.45, 7) is 0.446. The van der Waals surface area contributed by atoms with E-state index in [0.29, 0.717) is 13.0 Å². The van der Waals surface area contributed by atoms with Gasteiger partial charge in [-0.1, -0.05) is 30.3 Å². The standard InChI is InChI=1S/C17H15N5O3/c23-17(19-9-8-13-4-2-1-3-5-13)14-6-7-15(16(10-14)22(24)25)21-12-18-11-20-21/h1-7,10-12H,8-9H2,(H,19,23). The molecule has 0 unspecified atom stereocenters. The van der Waals surface area contributed by atoms with E-state index < -0.39 is 4.92 Å². The molecule has 0 spiro atoms. The highest BCUT2D eigenvalue weighted by molar-refractivity contribution is 5.95. The van der Waals surface area contributed by atoms with Crippen LogP contribution >= 0.6 is 0 Å². The minimum Gasteiger partial charge on any atom is -0.352 e. The molecule has 0 aliphatic heterocycles. The average molecular weight is 337 g/mol. The number of carbonyl (C=O) groups is 1. The highest BCUT2D eigenvalue weighted by Gasteiger charge is 2.19. The van der Waals surface area contributed by atoms with Gasteiger partial charge in [0.05, 0.1) is 4.92 Å². The Morgan fingerprint density at radius 1 is 1.20 bits per heavy atom. The summed E-state index contributed by atoms with van der Waals surface area (Å²) in [5, 5.41) is 18.0. The lowest BCUT2D eigenvalue weighted by molar-refractivity contribution is -0.384. The van der Waals surface area contributed by atoms with Gasteiger partial charge in [0, 0.05) is 18.2 Å². The van der Waals surface area contributed by atoms with Gasteiger partial charge in [-0.3, -0.25) is 14.9 Å². The van der Waals surface area contributed by atoms with Crippen LogP contribution in [0.1, 0.15) is 15.9 Å². The van der Waals surface area contributed by atoms with Crippen molar-refractivity contribution in [1.82, 2.24) is 20.1 Å². The maximum Gasteiger partial charge on any atom is 0.295 e. The van der Waals surface area contributed by atoms with Gasteiger partial charge in [0.25, 0.3) is 11.6 Å². The number of amides is 1. The molecule has 8 nitrogen and oxygen atoms in total. The molecular weight excluding hydrogens is 322 g/mol. The van der Waals surface area contributed by atoms with Crippen LogP contribution in [0.4, 0.5) is 5.69 Å². The van der Waals surface area contributed by atoms with E-state index in [1.165, 1.54) is 35.5 Å². The molecule has 3 aromatic rings. The Morgan fingerprint density at radius 2 is 2.00 bits per heavy atom. The summed E-state index contributed by atoms with van der Waals surface area (Å²) in [5.41, 5.74) is 1.38. The van der Waals surface area contributed by atoms with E-state index in [2.05, 4.69) is 15.4 Å². The third-order valence-electron chi connectivity index (χ3n) is 3.64. The SMILES string of the molecule is O=C(NCCc1ccccc1)c1ccc(-n2cncn2)c([N+](=O)[O-])c1. The number of carbonyl (C=O) groups excluding carboxylic acids is 1. The van der Waals surface area contributed by atoms with Crippen LogP contribution in [0.2, 0.25) is 0 Å². The molecule has 1 heterocycles. The van der Waals surface area contributed by atoms with Crippen LogP contribution in [-0.2, 0) is 6.42 Å². The number of nitro benzene ring substituents is 1. The van der Waals surface area contributed by atoms with Crippen molar-refractivity contribution in [3.05, 3.63) is 82.4 Å². The molecule has 8 heteroatoms. The Kier molecular flexibility index (Phi) is 4.79. The summed E-state index contributed by atoms with van der Waals surface area (Å²) in [4.78, 5) is 26.8. The Bertz CT molecular complexity index is 879. The first kappa shape index (κ1) is 16.3. The van der Waals surface area contributed by atoms with Crippen molar-refractivity contribution in [3.8, 4) is 5.69 Å². The summed E-state index contributed by atoms with van der Waals surface area (Å²) in [7, 11) is 0. The van der Waals surface area contributed by atoms with Gasteiger partial charge in [0.15, 0.2) is 0 Å². The minimum atomic E-state index is -0.544. The van der Waals surface area contributed by atoms with Gasteiger partial charge >= 0.3 is 0 Å². The van der Waals surface area contributed by atoms with Gasteiger partial charge in [-0.15, -0.1) is 0 Å². The normalized spacial score (nSPS) is 10.4. The van der Waals surface area contributed by atoms with Crippen LogP contribution in [-0.4, -0.2) is 32.1 Å². The van der Waals surface area contributed by atoms with E-state index in [-0.39, 0.29) is 22.8 Å². The summed E-state index contributed by atoms with van der Waals surface area (Å²) in [6.07, 6.45) is 3.33. The zero-order valence-electron chi connectivity index (χ0n) is 13.2. The van der Waals surface area contributed by atoms with Crippen LogP contribution in [0, 0.1) is 10.1 Å². The molecule has 0 fully saturated rings. The molecule has 0 radical (unpaired) electrons. The van der Waals surface area contributed by atoms with Crippen molar-refractivity contribution in [2.45, 2.75) is 6.42 Å². The molecule has 3 rings (SSSR count). The maximum absolute atomic E-state index is 12.2. The predicted molar refractivity (Wildman–Crippen MR) is 90.5 cm³/mol. The highest BCUT2D eigenvalue weighted by atomic mass is 16.6. The smallest absolute Gasteiger partial charge is 0.295 e. The summed E-state index contributed by atoms with van der Waals surface area (Å²) in [5.74, 6) is -0.357. The van der Waals surface area contributed by atoms with Gasteiger partial charge in [0.1, 0.15) is 18.3 Å². The molecule has 0 atom stereocenters. The number of nitro groups is 1. The Morgan fingerprint density at radius 3 is 2.68 bits per heavy atom. The lowest BCUT2D eigenvalue weighted by Gasteiger charge is -2.07. The molecule has 0 aliphatic carbocycles. The Hall–Kier alpha value is -3.55. The molecule has 2 aromatic carbocycles. The fourth-order valence-electron chi connectivity index (χ4n) is 2.40. The van der Waals surface area contributed by atoms with Crippen LogP contribution in [0.15, 0.2) is 61.2 Å². The third kappa shape index (κ3) is 3.86. The Labute approximate surface area is 143 Å². The van der Waals surface area contributed by atoms with Gasteiger partial charge in [0.2, 0.25) is 0 Å². The molecule has 0 saturated heterocycles. The molecule has 0 saturated carbocycles. The molecule has 1 aromatic heterocycles. The molecular formula is C17H15N5O3. The number of nitrogens with zero attached hydrogens (tertiary/aromatic N) is 4. The van der Waals surface area contributed by atoms with Crippen molar-refractivity contribution in [3.63, 3.8) is 0 Å². The van der Waals surface area contributed by atoms with E-state index in [9.17, 15) is 14.9 Å². The van der Waals surface area contributed by atoms with Crippen molar-refractivity contribution in [2.75, 3.05) is 6.54 Å². The van der Waals surface area contributed by atoms with E-state index in [4.69, 9.17) is 0 Å². The second-order valence-corrected chi connectivity index (χ2v) is 5.29. The largest absolute Gasteiger partial charge is 0.352 e. The fourth-order valence-corrected chi connectivity index (χ4v) is 2.40. The average Bonchev–Trinajstić information content (AvgIpc) is 3.16. The van der Waals surface area contributed by atoms with E-state index in [1.807, 2.05) is 30.3 Å². The van der Waals surface area contributed by atoms with Crippen LogP contribution in [0.25, 0.3) is 5.69 Å². The topological polar surface area (TPSA) is 103 Å².